The van der Waals surface area contributed by atoms with Gasteiger partial charge in [0.2, 0.25) is 0 Å². The van der Waals surface area contributed by atoms with Gasteiger partial charge in [-0.05, 0) is 37.1 Å². The van der Waals surface area contributed by atoms with E-state index < -0.39 is 0 Å². The Labute approximate surface area is 121 Å². The van der Waals surface area contributed by atoms with E-state index in [1.165, 1.54) is 6.07 Å². The molecule has 0 heterocycles. The maximum atomic E-state index is 13.5. The Balaban J connectivity index is 2.46. The van der Waals surface area contributed by atoms with Gasteiger partial charge in [0, 0.05) is 24.2 Å². The molecule has 0 aliphatic heterocycles. The molecule has 1 unspecified atom stereocenters. The molecule has 3 N–H and O–H groups in total. The first-order valence-electron chi connectivity index (χ1n) is 6.02. The summed E-state index contributed by atoms with van der Waals surface area (Å²) >= 11 is 3.31. The average molecular weight is 332 g/mol. The van der Waals surface area contributed by atoms with Crippen molar-refractivity contribution in [3.8, 4) is 0 Å². The molecule has 0 fully saturated rings. The van der Waals surface area contributed by atoms with Crippen LogP contribution in [0.5, 0.6) is 0 Å². The normalized spacial score (nSPS) is 13.4. The van der Waals surface area contributed by atoms with Crippen LogP contribution in [0, 0.1) is 5.82 Å². The molecule has 1 aromatic carbocycles. The second-order valence-corrected chi connectivity index (χ2v) is 5.17. The zero-order valence-corrected chi connectivity index (χ0v) is 12.7. The first-order valence-corrected chi connectivity index (χ1v) is 6.81. The van der Waals surface area contributed by atoms with Gasteiger partial charge in [0.1, 0.15) is 5.82 Å². The minimum absolute atomic E-state index is 0.0938. The van der Waals surface area contributed by atoms with Crippen LogP contribution in [-0.4, -0.2) is 32.3 Å². The average Bonchev–Trinajstić information content (AvgIpc) is 2.33. The van der Waals surface area contributed by atoms with E-state index in [4.69, 9.17) is 10.5 Å². The molecule has 0 spiro atoms. The van der Waals surface area contributed by atoms with Gasteiger partial charge in [0.15, 0.2) is 5.96 Å². The molecule has 1 aromatic rings. The van der Waals surface area contributed by atoms with Gasteiger partial charge in [-0.1, -0.05) is 15.9 Å². The van der Waals surface area contributed by atoms with Crippen LogP contribution in [0.4, 0.5) is 4.39 Å². The topological polar surface area (TPSA) is 59.6 Å². The maximum absolute atomic E-state index is 13.5. The fraction of sp³-hybridized carbons (Fsp3) is 0.462. The SMILES string of the molecule is COCC(C)NC(N)=NCCc1cc(Br)ccc1F. The number of nitrogens with two attached hydrogens (primary N) is 1. The highest BCUT2D eigenvalue weighted by Gasteiger charge is 2.04. The first kappa shape index (κ1) is 15.9. The predicted octanol–water partition coefficient (Wildman–Crippen LogP) is 2.07. The lowest BCUT2D eigenvalue weighted by molar-refractivity contribution is 0.179. The second-order valence-electron chi connectivity index (χ2n) is 4.25. The third kappa shape index (κ3) is 6.02. The molecule has 0 amide bonds. The van der Waals surface area contributed by atoms with Crippen molar-refractivity contribution in [3.63, 3.8) is 0 Å². The Morgan fingerprint density at radius 3 is 3.00 bits per heavy atom. The molecule has 19 heavy (non-hydrogen) atoms. The first-order chi connectivity index (χ1) is 9.02. The summed E-state index contributed by atoms with van der Waals surface area (Å²) in [5, 5.41) is 2.99. The van der Waals surface area contributed by atoms with E-state index in [2.05, 4.69) is 26.2 Å². The second kappa shape index (κ2) is 8.12. The van der Waals surface area contributed by atoms with Gasteiger partial charge in [0.25, 0.3) is 0 Å². The number of hydrogen-bond acceptors (Lipinski definition) is 2. The van der Waals surface area contributed by atoms with Crippen LogP contribution >= 0.6 is 15.9 Å². The zero-order chi connectivity index (χ0) is 14.3. The highest BCUT2D eigenvalue weighted by Crippen LogP contribution is 2.15. The van der Waals surface area contributed by atoms with Crippen molar-refractivity contribution in [1.82, 2.24) is 5.32 Å². The smallest absolute Gasteiger partial charge is 0.188 e. The van der Waals surface area contributed by atoms with Crippen molar-refractivity contribution in [3.05, 3.63) is 34.1 Å². The summed E-state index contributed by atoms with van der Waals surface area (Å²) in [5.74, 6) is 0.123. The number of guanidine groups is 1. The highest BCUT2D eigenvalue weighted by molar-refractivity contribution is 9.10. The number of hydrogen-bond donors (Lipinski definition) is 2. The molecule has 0 aliphatic rings. The van der Waals surface area contributed by atoms with E-state index in [-0.39, 0.29) is 11.9 Å². The van der Waals surface area contributed by atoms with Crippen molar-refractivity contribution in [2.24, 2.45) is 10.7 Å². The molecule has 0 saturated heterocycles. The number of nitrogens with one attached hydrogen (secondary N) is 1. The van der Waals surface area contributed by atoms with Crippen LogP contribution < -0.4 is 11.1 Å². The largest absolute Gasteiger partial charge is 0.383 e. The molecule has 0 bridgehead atoms. The van der Waals surface area contributed by atoms with Gasteiger partial charge in [-0.2, -0.15) is 0 Å². The van der Waals surface area contributed by atoms with Crippen LogP contribution in [0.2, 0.25) is 0 Å². The maximum Gasteiger partial charge on any atom is 0.188 e. The van der Waals surface area contributed by atoms with E-state index in [0.717, 1.165) is 4.47 Å². The van der Waals surface area contributed by atoms with E-state index >= 15 is 0 Å². The van der Waals surface area contributed by atoms with Gasteiger partial charge in [-0.3, -0.25) is 4.99 Å². The highest BCUT2D eigenvalue weighted by atomic mass is 79.9. The van der Waals surface area contributed by atoms with Crippen LogP contribution in [0.3, 0.4) is 0 Å². The van der Waals surface area contributed by atoms with Crippen molar-refractivity contribution in [1.29, 1.82) is 0 Å². The number of rotatable bonds is 6. The third-order valence-electron chi connectivity index (χ3n) is 2.48. The molecule has 106 valence electrons. The Bertz CT molecular complexity index is 440. The van der Waals surface area contributed by atoms with Crippen molar-refractivity contribution < 1.29 is 9.13 Å². The van der Waals surface area contributed by atoms with Crippen molar-refractivity contribution in [2.45, 2.75) is 19.4 Å². The summed E-state index contributed by atoms with van der Waals surface area (Å²) in [6.07, 6.45) is 0.506. The van der Waals surface area contributed by atoms with Crippen LogP contribution in [0.25, 0.3) is 0 Å². The van der Waals surface area contributed by atoms with Gasteiger partial charge >= 0.3 is 0 Å². The molecule has 0 radical (unpaired) electrons. The van der Waals surface area contributed by atoms with Gasteiger partial charge in [0.05, 0.1) is 6.61 Å². The number of methoxy groups -OCH3 is 1. The van der Waals surface area contributed by atoms with Crippen molar-refractivity contribution >= 4 is 21.9 Å². The van der Waals surface area contributed by atoms with E-state index in [0.29, 0.717) is 31.1 Å². The molecular formula is C13H19BrFN3O. The predicted molar refractivity (Wildman–Crippen MR) is 78.8 cm³/mol. The molecule has 1 atom stereocenters. The molecule has 0 saturated carbocycles. The van der Waals surface area contributed by atoms with Gasteiger partial charge in [-0.15, -0.1) is 0 Å². The molecule has 6 heteroatoms. The number of halogens is 2. The molecule has 0 aromatic heterocycles. The quantitative estimate of drug-likeness (QED) is 0.619. The molecule has 4 nitrogen and oxygen atoms in total. The molecule has 1 rings (SSSR count). The Hall–Kier alpha value is -1.14. The third-order valence-corrected chi connectivity index (χ3v) is 2.98. The van der Waals surface area contributed by atoms with Gasteiger partial charge < -0.3 is 15.8 Å². The monoisotopic (exact) mass is 331 g/mol. The summed E-state index contributed by atoms with van der Waals surface area (Å²) < 4.78 is 19.3. The van der Waals surface area contributed by atoms with Crippen LogP contribution in [-0.2, 0) is 11.2 Å². The number of ether oxygens (including phenoxy) is 1. The fourth-order valence-corrected chi connectivity index (χ4v) is 2.03. The lowest BCUT2D eigenvalue weighted by Gasteiger charge is -2.13. The zero-order valence-electron chi connectivity index (χ0n) is 11.1. The Morgan fingerprint density at radius 1 is 1.58 bits per heavy atom. The van der Waals surface area contributed by atoms with Gasteiger partial charge in [-0.25, -0.2) is 4.39 Å². The van der Waals surface area contributed by atoms with Crippen molar-refractivity contribution in [2.75, 3.05) is 20.3 Å². The summed E-state index contributed by atoms with van der Waals surface area (Å²) in [5.41, 5.74) is 6.34. The summed E-state index contributed by atoms with van der Waals surface area (Å²) in [7, 11) is 1.63. The Morgan fingerprint density at radius 2 is 2.32 bits per heavy atom. The fourth-order valence-electron chi connectivity index (χ4n) is 1.62. The van der Waals surface area contributed by atoms with E-state index in [1.807, 2.05) is 6.92 Å². The molecular weight excluding hydrogens is 313 g/mol. The molecule has 0 aliphatic carbocycles. The number of benzene rings is 1. The van der Waals surface area contributed by atoms with E-state index in [9.17, 15) is 4.39 Å². The lowest BCUT2D eigenvalue weighted by Crippen LogP contribution is -2.40. The summed E-state index contributed by atoms with van der Waals surface area (Å²) in [6, 6.07) is 4.95. The number of nitrogens with zero attached hydrogens (tertiary/aromatic N) is 1. The standard InChI is InChI=1S/C13H19BrFN3O/c1-9(8-19-2)18-13(16)17-6-5-10-7-11(14)3-4-12(10)15/h3-4,7,9H,5-6,8H2,1-2H3,(H3,16,17,18). The van der Waals surface area contributed by atoms with Crippen LogP contribution in [0.1, 0.15) is 12.5 Å². The lowest BCUT2D eigenvalue weighted by atomic mass is 10.1. The summed E-state index contributed by atoms with van der Waals surface area (Å²) in [6.45, 7) is 2.93. The van der Waals surface area contributed by atoms with E-state index in [1.54, 1.807) is 19.2 Å². The minimum atomic E-state index is -0.224. The minimum Gasteiger partial charge on any atom is -0.383 e. The number of aliphatic imine (C=N–C) groups is 1. The Kier molecular flexibility index (Phi) is 6.80. The van der Waals surface area contributed by atoms with Crippen LogP contribution in [0.15, 0.2) is 27.7 Å². The summed E-state index contributed by atoms with van der Waals surface area (Å²) in [4.78, 5) is 4.16.